The van der Waals surface area contributed by atoms with Crippen LogP contribution in [0.25, 0.3) is 22.4 Å². The Morgan fingerprint density at radius 3 is 2.96 bits per heavy atom. The highest BCUT2D eigenvalue weighted by molar-refractivity contribution is 5.91. The van der Waals surface area contributed by atoms with Crippen molar-refractivity contribution in [3.05, 3.63) is 36.3 Å². The van der Waals surface area contributed by atoms with E-state index in [0.717, 1.165) is 29.0 Å². The van der Waals surface area contributed by atoms with E-state index in [9.17, 15) is 5.26 Å². The first kappa shape index (κ1) is 17.4. The SMILES string of the molecule is C[C@@H]1COCCN1c1cc(C(C)(C)C#N)nc(-c2ccnc3[nH]ccc23)n1. The van der Waals surface area contributed by atoms with E-state index >= 15 is 0 Å². The number of rotatable bonds is 3. The number of anilines is 1. The summed E-state index contributed by atoms with van der Waals surface area (Å²) in [6.07, 6.45) is 3.60. The van der Waals surface area contributed by atoms with E-state index in [1.807, 2.05) is 38.2 Å². The molecule has 1 saturated heterocycles. The lowest BCUT2D eigenvalue weighted by Gasteiger charge is -2.35. The van der Waals surface area contributed by atoms with Crippen LogP contribution in [0.1, 0.15) is 26.5 Å². The predicted molar refractivity (Wildman–Crippen MR) is 103 cm³/mol. The molecule has 0 amide bonds. The van der Waals surface area contributed by atoms with Gasteiger partial charge in [0.25, 0.3) is 0 Å². The van der Waals surface area contributed by atoms with Crippen LogP contribution < -0.4 is 4.90 Å². The number of nitrogens with zero attached hydrogens (tertiary/aromatic N) is 5. The van der Waals surface area contributed by atoms with Crippen LogP contribution in [-0.4, -0.2) is 45.7 Å². The minimum Gasteiger partial charge on any atom is -0.377 e. The lowest BCUT2D eigenvalue weighted by molar-refractivity contribution is 0.0985. The van der Waals surface area contributed by atoms with Crippen LogP contribution >= 0.6 is 0 Å². The molecule has 138 valence electrons. The van der Waals surface area contributed by atoms with Crippen LogP contribution in [0, 0.1) is 11.3 Å². The number of aromatic amines is 1. The molecule has 1 atom stereocenters. The number of hydrogen-bond donors (Lipinski definition) is 1. The van der Waals surface area contributed by atoms with E-state index < -0.39 is 5.41 Å². The first-order valence-corrected chi connectivity index (χ1v) is 9.07. The van der Waals surface area contributed by atoms with Gasteiger partial charge in [-0.1, -0.05) is 0 Å². The normalized spacial score (nSPS) is 17.9. The smallest absolute Gasteiger partial charge is 0.162 e. The molecule has 1 N–H and O–H groups in total. The van der Waals surface area contributed by atoms with Crippen molar-refractivity contribution in [1.82, 2.24) is 19.9 Å². The molecule has 0 aromatic carbocycles. The molecule has 0 bridgehead atoms. The molecule has 1 aliphatic rings. The van der Waals surface area contributed by atoms with Gasteiger partial charge in [-0.15, -0.1) is 0 Å². The minimum absolute atomic E-state index is 0.212. The largest absolute Gasteiger partial charge is 0.377 e. The van der Waals surface area contributed by atoms with Gasteiger partial charge in [-0.2, -0.15) is 5.26 Å². The first-order valence-electron chi connectivity index (χ1n) is 9.07. The number of fused-ring (bicyclic) bond motifs is 1. The summed E-state index contributed by atoms with van der Waals surface area (Å²) in [5.41, 5.74) is 1.69. The number of pyridine rings is 1. The van der Waals surface area contributed by atoms with E-state index in [-0.39, 0.29) is 6.04 Å². The maximum Gasteiger partial charge on any atom is 0.162 e. The summed E-state index contributed by atoms with van der Waals surface area (Å²) in [5.74, 6) is 1.44. The molecule has 4 heterocycles. The van der Waals surface area contributed by atoms with Gasteiger partial charge >= 0.3 is 0 Å². The van der Waals surface area contributed by atoms with Crippen LogP contribution in [0.3, 0.4) is 0 Å². The maximum atomic E-state index is 9.64. The third-order valence-electron chi connectivity index (χ3n) is 5.00. The summed E-state index contributed by atoms with van der Waals surface area (Å²) < 4.78 is 5.56. The second kappa shape index (κ2) is 6.63. The molecular weight excluding hydrogens is 340 g/mol. The maximum absolute atomic E-state index is 9.64. The van der Waals surface area contributed by atoms with Gasteiger partial charge in [0.2, 0.25) is 0 Å². The lowest BCUT2D eigenvalue weighted by Crippen LogP contribution is -2.44. The Hall–Kier alpha value is -2.98. The van der Waals surface area contributed by atoms with Gasteiger partial charge in [0.05, 0.1) is 36.4 Å². The molecule has 4 rings (SSSR count). The van der Waals surface area contributed by atoms with E-state index in [2.05, 4.69) is 27.9 Å². The highest BCUT2D eigenvalue weighted by Crippen LogP contribution is 2.31. The average Bonchev–Trinajstić information content (AvgIpc) is 3.17. The first-order chi connectivity index (χ1) is 13.0. The molecular formula is C20H22N6O. The monoisotopic (exact) mass is 362 g/mol. The van der Waals surface area contributed by atoms with Crippen LogP contribution in [-0.2, 0) is 10.2 Å². The van der Waals surface area contributed by atoms with E-state index in [0.29, 0.717) is 24.7 Å². The molecule has 1 aliphatic heterocycles. The van der Waals surface area contributed by atoms with E-state index in [4.69, 9.17) is 14.7 Å². The fourth-order valence-electron chi connectivity index (χ4n) is 3.30. The number of hydrogen-bond acceptors (Lipinski definition) is 6. The standard InChI is InChI=1S/C20H22N6O/c1-13-11-27-9-8-26(13)17-10-16(20(2,3)12-21)24-19(25-17)15-5-7-23-18-14(15)4-6-22-18/h4-7,10,13H,8-9,11H2,1-3H3,(H,22,23)/t13-/m1/s1. The summed E-state index contributed by atoms with van der Waals surface area (Å²) in [6.45, 7) is 7.96. The fourth-order valence-corrected chi connectivity index (χ4v) is 3.30. The topological polar surface area (TPSA) is 90.7 Å². The average molecular weight is 362 g/mol. The molecule has 7 nitrogen and oxygen atoms in total. The molecule has 0 radical (unpaired) electrons. The van der Waals surface area contributed by atoms with Crippen molar-refractivity contribution in [2.24, 2.45) is 0 Å². The van der Waals surface area contributed by atoms with Gasteiger partial charge in [0.15, 0.2) is 5.82 Å². The van der Waals surface area contributed by atoms with E-state index in [1.54, 1.807) is 6.20 Å². The number of nitriles is 1. The molecule has 0 unspecified atom stereocenters. The zero-order chi connectivity index (χ0) is 19.0. The van der Waals surface area contributed by atoms with Crippen LogP contribution in [0.15, 0.2) is 30.6 Å². The Balaban J connectivity index is 1.91. The molecule has 7 heteroatoms. The Labute approximate surface area is 158 Å². The number of ether oxygens (including phenoxy) is 1. The molecule has 0 spiro atoms. The summed E-state index contributed by atoms with van der Waals surface area (Å²) in [5, 5.41) is 10.6. The summed E-state index contributed by atoms with van der Waals surface area (Å²) in [4.78, 5) is 19.3. The molecule has 0 aliphatic carbocycles. The second-order valence-electron chi connectivity index (χ2n) is 7.39. The fraction of sp³-hybridized carbons (Fsp3) is 0.400. The third kappa shape index (κ3) is 3.13. The van der Waals surface area contributed by atoms with Gasteiger partial charge in [0.1, 0.15) is 11.5 Å². The van der Waals surface area contributed by atoms with Crippen molar-refractivity contribution >= 4 is 16.9 Å². The molecule has 1 fully saturated rings. The number of nitrogens with one attached hydrogen (secondary N) is 1. The van der Waals surface area contributed by atoms with Gasteiger partial charge in [-0.25, -0.2) is 15.0 Å². The van der Waals surface area contributed by atoms with Crippen molar-refractivity contribution in [3.8, 4) is 17.5 Å². The zero-order valence-corrected chi connectivity index (χ0v) is 15.7. The van der Waals surface area contributed by atoms with Gasteiger partial charge < -0.3 is 14.6 Å². The predicted octanol–water partition coefficient (Wildman–Crippen LogP) is 3.05. The number of H-pyrrole nitrogens is 1. The Morgan fingerprint density at radius 1 is 1.33 bits per heavy atom. The van der Waals surface area contributed by atoms with Crippen molar-refractivity contribution in [2.45, 2.75) is 32.2 Å². The van der Waals surface area contributed by atoms with Crippen molar-refractivity contribution < 1.29 is 4.74 Å². The van der Waals surface area contributed by atoms with Crippen LogP contribution in [0.4, 0.5) is 5.82 Å². The highest BCUT2D eigenvalue weighted by Gasteiger charge is 2.27. The van der Waals surface area contributed by atoms with E-state index in [1.165, 1.54) is 0 Å². The van der Waals surface area contributed by atoms with Gasteiger partial charge in [-0.05, 0) is 32.9 Å². The van der Waals surface area contributed by atoms with Crippen molar-refractivity contribution in [2.75, 3.05) is 24.7 Å². The van der Waals surface area contributed by atoms with Crippen molar-refractivity contribution in [3.63, 3.8) is 0 Å². The number of morpholine rings is 1. The zero-order valence-electron chi connectivity index (χ0n) is 15.7. The highest BCUT2D eigenvalue weighted by atomic mass is 16.5. The van der Waals surface area contributed by atoms with Crippen molar-refractivity contribution in [1.29, 1.82) is 5.26 Å². The Kier molecular flexibility index (Phi) is 4.28. The summed E-state index contributed by atoms with van der Waals surface area (Å²) >= 11 is 0. The third-order valence-corrected chi connectivity index (χ3v) is 5.00. The quantitative estimate of drug-likeness (QED) is 0.770. The van der Waals surface area contributed by atoms with Crippen LogP contribution in [0.5, 0.6) is 0 Å². The molecule has 27 heavy (non-hydrogen) atoms. The molecule has 3 aromatic rings. The Bertz CT molecular complexity index is 1020. The van der Waals surface area contributed by atoms with Crippen LogP contribution in [0.2, 0.25) is 0 Å². The molecule has 3 aromatic heterocycles. The minimum atomic E-state index is -0.716. The second-order valence-corrected chi connectivity index (χ2v) is 7.39. The number of aromatic nitrogens is 4. The summed E-state index contributed by atoms with van der Waals surface area (Å²) in [6, 6.07) is 8.39. The lowest BCUT2D eigenvalue weighted by atomic mass is 9.90. The summed E-state index contributed by atoms with van der Waals surface area (Å²) in [7, 11) is 0. The van der Waals surface area contributed by atoms with Gasteiger partial charge in [-0.3, -0.25) is 0 Å². The molecule has 0 saturated carbocycles. The van der Waals surface area contributed by atoms with Gasteiger partial charge in [0, 0.05) is 36.0 Å². The Morgan fingerprint density at radius 2 is 2.19 bits per heavy atom.